The molecule has 4 aromatic rings. The summed E-state index contributed by atoms with van der Waals surface area (Å²) < 4.78 is 42.2. The minimum atomic E-state index is -4.15. The lowest BCUT2D eigenvalue weighted by atomic mass is 10.1. The van der Waals surface area contributed by atoms with Gasteiger partial charge < -0.3 is 19.5 Å². The first kappa shape index (κ1) is 30.6. The molecule has 1 aromatic heterocycles. The van der Waals surface area contributed by atoms with Gasteiger partial charge in [-0.25, -0.2) is 4.68 Å². The molecule has 1 N–H and O–H groups in total. The van der Waals surface area contributed by atoms with E-state index in [1.165, 1.54) is 21.7 Å². The smallest absolute Gasteiger partial charge is 0.289 e. The summed E-state index contributed by atoms with van der Waals surface area (Å²) >= 11 is 5.78. The summed E-state index contributed by atoms with van der Waals surface area (Å²) in [5.41, 5.74) is 1.92. The molecule has 1 atom stereocenters. The first-order valence-corrected chi connectivity index (χ1v) is 15.5. The summed E-state index contributed by atoms with van der Waals surface area (Å²) in [7, 11) is -2.60. The van der Waals surface area contributed by atoms with E-state index < -0.39 is 27.9 Å². The van der Waals surface area contributed by atoms with Crippen LogP contribution in [0.5, 0.6) is 5.75 Å². The second-order valence-corrected chi connectivity index (χ2v) is 11.9. The Labute approximate surface area is 259 Å². The van der Waals surface area contributed by atoms with Crippen LogP contribution in [0.1, 0.15) is 24.6 Å². The van der Waals surface area contributed by atoms with Crippen LogP contribution in [0.3, 0.4) is 0 Å². The fourth-order valence-electron chi connectivity index (χ4n) is 4.63. The molecule has 1 unspecified atom stereocenters. The zero-order valence-electron chi connectivity index (χ0n) is 24.2. The van der Waals surface area contributed by atoms with Crippen LogP contribution >= 0.6 is 12.2 Å². The lowest BCUT2D eigenvalue weighted by Crippen LogP contribution is -2.45. The number of aromatic nitrogens is 2. The monoisotopic (exact) mass is 634 g/mol. The van der Waals surface area contributed by atoms with Crippen LogP contribution in [0.4, 0.5) is 11.4 Å². The van der Waals surface area contributed by atoms with Gasteiger partial charge in [-0.2, -0.15) is 8.42 Å². The zero-order chi connectivity index (χ0) is 31.4. The molecular weight excluding hydrogens is 605 g/mol. The highest BCUT2D eigenvalue weighted by atomic mass is 32.2. The molecule has 5 rings (SSSR count). The number of hydrogen-bond acceptors (Lipinski definition) is 7. The highest BCUT2D eigenvalue weighted by Gasteiger charge is 2.45. The number of sulfonamides is 1. The fourth-order valence-corrected chi connectivity index (χ4v) is 5.96. The van der Waals surface area contributed by atoms with Gasteiger partial charge in [-0.1, -0.05) is 35.9 Å². The summed E-state index contributed by atoms with van der Waals surface area (Å²) in [5.74, 6) is -0.202. The fraction of sp³-hybridized carbons (Fsp3) is 0.233. The molecule has 0 spiro atoms. The van der Waals surface area contributed by atoms with Crippen molar-refractivity contribution in [2.75, 3.05) is 16.8 Å². The molecule has 2 heterocycles. The number of hydrogen-bond donors (Lipinski definition) is 1. The number of carbonyl (C=O) groups excluding carboxylic acids is 2. The molecule has 0 radical (unpaired) electrons. The minimum Gasteiger partial charge on any atom is -0.494 e. The number of anilines is 2. The Balaban J connectivity index is 1.49. The molecule has 0 bridgehead atoms. The van der Waals surface area contributed by atoms with Gasteiger partial charge in [-0.15, -0.1) is 4.40 Å². The first-order chi connectivity index (χ1) is 21.1. The summed E-state index contributed by atoms with van der Waals surface area (Å²) in [4.78, 5) is 29.9. The Hall–Kier alpha value is -4.82. The van der Waals surface area contributed by atoms with Crippen LogP contribution in [0.25, 0.3) is 0 Å². The Kier molecular flexibility index (Phi) is 8.92. The van der Waals surface area contributed by atoms with Crippen molar-refractivity contribution in [2.24, 2.45) is 11.4 Å². The van der Waals surface area contributed by atoms with Gasteiger partial charge in [0.2, 0.25) is 5.91 Å². The molecule has 14 heteroatoms. The molecule has 1 aliphatic heterocycles. The van der Waals surface area contributed by atoms with Gasteiger partial charge in [0.1, 0.15) is 25.4 Å². The normalized spacial score (nSPS) is 15.6. The first-order valence-electron chi connectivity index (χ1n) is 13.7. The van der Waals surface area contributed by atoms with E-state index in [2.05, 4.69) is 15.0 Å². The third-order valence-electron chi connectivity index (χ3n) is 6.89. The number of rotatable bonds is 10. The van der Waals surface area contributed by atoms with Crippen molar-refractivity contribution in [1.82, 2.24) is 10.2 Å². The number of amides is 2. The van der Waals surface area contributed by atoms with E-state index in [1.54, 1.807) is 72.6 Å². The summed E-state index contributed by atoms with van der Waals surface area (Å²) in [5, 5.41) is 6.78. The van der Waals surface area contributed by atoms with Crippen LogP contribution in [-0.2, 0) is 33.2 Å². The van der Waals surface area contributed by atoms with Gasteiger partial charge in [-0.3, -0.25) is 19.8 Å². The summed E-state index contributed by atoms with van der Waals surface area (Å²) in [6.45, 7) is 4.07. The average Bonchev–Trinajstić information content (AvgIpc) is 3.44. The van der Waals surface area contributed by atoms with Crippen LogP contribution in [0.2, 0.25) is 0 Å². The quantitative estimate of drug-likeness (QED) is 0.206. The second-order valence-electron chi connectivity index (χ2n) is 9.97. The van der Waals surface area contributed by atoms with E-state index in [9.17, 15) is 18.0 Å². The zero-order valence-corrected chi connectivity index (χ0v) is 25.8. The number of para-hydroxylation sites is 1. The van der Waals surface area contributed by atoms with Gasteiger partial charge >= 0.3 is 0 Å². The van der Waals surface area contributed by atoms with Crippen molar-refractivity contribution in [2.45, 2.75) is 37.8 Å². The van der Waals surface area contributed by atoms with Gasteiger partial charge in [-0.05, 0) is 74.6 Å². The van der Waals surface area contributed by atoms with Gasteiger partial charge in [0.15, 0.2) is 5.11 Å². The van der Waals surface area contributed by atoms with Crippen molar-refractivity contribution in [3.05, 3.63) is 95.7 Å². The molecule has 44 heavy (non-hydrogen) atoms. The van der Waals surface area contributed by atoms with E-state index in [0.29, 0.717) is 23.7 Å². The number of aryl methyl sites for hydroxylation is 2. The molecule has 1 fully saturated rings. The number of ether oxygens (including phenoxy) is 1. The highest BCUT2D eigenvalue weighted by Crippen LogP contribution is 2.29. The van der Waals surface area contributed by atoms with Gasteiger partial charge in [0.25, 0.3) is 27.2 Å². The second kappa shape index (κ2) is 12.8. The van der Waals surface area contributed by atoms with Crippen molar-refractivity contribution in [3.8, 4) is 5.75 Å². The molecule has 2 amide bonds. The predicted octanol–water partition coefficient (Wildman–Crippen LogP) is 2.59. The largest absolute Gasteiger partial charge is 0.494 e. The summed E-state index contributed by atoms with van der Waals surface area (Å²) in [6.07, 6.45) is -0.232. The maximum Gasteiger partial charge on any atom is 0.289 e. The van der Waals surface area contributed by atoms with Gasteiger partial charge in [0, 0.05) is 5.69 Å². The van der Waals surface area contributed by atoms with E-state index >= 15 is 0 Å². The lowest BCUT2D eigenvalue weighted by molar-refractivity contribution is -0.752. The predicted molar refractivity (Wildman–Crippen MR) is 164 cm³/mol. The number of benzene rings is 3. The Morgan fingerprint density at radius 3 is 2.43 bits per heavy atom. The molecule has 228 valence electrons. The molecule has 0 aliphatic carbocycles. The van der Waals surface area contributed by atoms with Gasteiger partial charge in [0.05, 0.1) is 23.6 Å². The van der Waals surface area contributed by atoms with Crippen LogP contribution in [0.15, 0.2) is 92.7 Å². The van der Waals surface area contributed by atoms with Crippen LogP contribution in [0, 0.1) is 6.92 Å². The van der Waals surface area contributed by atoms with Crippen molar-refractivity contribution < 1.29 is 31.9 Å². The topological polar surface area (TPSA) is 140 Å². The number of nitrogens with zero attached hydrogens (tertiary/aromatic N) is 5. The molecule has 1 aliphatic rings. The Bertz CT molecular complexity index is 1850. The lowest BCUT2D eigenvalue weighted by Gasteiger charge is -2.22. The number of carbonyl (C=O) groups is 2. The van der Waals surface area contributed by atoms with Crippen molar-refractivity contribution in [3.63, 3.8) is 0 Å². The highest BCUT2D eigenvalue weighted by molar-refractivity contribution is 7.90. The van der Waals surface area contributed by atoms with E-state index in [4.69, 9.17) is 21.5 Å². The van der Waals surface area contributed by atoms with Crippen LogP contribution in [-0.4, -0.2) is 42.9 Å². The standard InChI is InChI=1S/C30H30N6O6S2/c1-4-41-23-14-12-22(13-15-23)36-29(38)25(18-27(37)31-21-8-6-5-7-9-21)35(30(36)43)19-26-28(42-33-34(26)3)32-44(39,40)24-16-10-20(2)11-17-24/h5-17,25H,4,18-19H2,1-3H3,(H,31,37)/b32-28-. The average molecular weight is 635 g/mol. The molecule has 1 saturated heterocycles. The number of nitrogens with one attached hydrogen (secondary N) is 1. The third kappa shape index (κ3) is 6.55. The number of thiocarbonyl (C=S) groups is 1. The molecular formula is C30H30N6O6S2. The Morgan fingerprint density at radius 2 is 1.77 bits per heavy atom. The SMILES string of the molecule is CCOc1ccc(N2C(=O)C(CC(=O)Nc3ccccc3)N(Cc3/c(=N/S(=O)(=O)c4ccc(C)cc4)o[n-][n+]3C)C2=S)cc1. The van der Waals surface area contributed by atoms with E-state index in [0.717, 1.165) is 5.56 Å². The van der Waals surface area contributed by atoms with Crippen LogP contribution < -0.4 is 30.5 Å². The minimum absolute atomic E-state index is 0.0166. The maximum atomic E-state index is 13.9. The van der Waals surface area contributed by atoms with E-state index in [-0.39, 0.29) is 34.2 Å². The summed E-state index contributed by atoms with van der Waals surface area (Å²) in [6, 6.07) is 20.9. The van der Waals surface area contributed by atoms with E-state index in [1.807, 2.05) is 19.9 Å². The molecule has 12 nitrogen and oxygen atoms in total. The van der Waals surface area contributed by atoms with Crippen molar-refractivity contribution in [1.29, 1.82) is 0 Å². The Morgan fingerprint density at radius 1 is 1.09 bits per heavy atom. The molecule has 3 aromatic carbocycles. The van der Waals surface area contributed by atoms with Crippen molar-refractivity contribution >= 4 is 50.5 Å². The molecule has 0 saturated carbocycles. The third-order valence-corrected chi connectivity index (χ3v) is 8.58. The maximum absolute atomic E-state index is 13.9.